The van der Waals surface area contributed by atoms with Crippen LogP contribution >= 0.6 is 0 Å². The number of benzene rings is 1. The van der Waals surface area contributed by atoms with E-state index >= 15 is 0 Å². The molecular weight excluding hydrogens is 354 g/mol. The van der Waals surface area contributed by atoms with Crippen LogP contribution in [-0.2, 0) is 11.8 Å². The number of pyridine rings is 1. The second kappa shape index (κ2) is 9.32. The summed E-state index contributed by atoms with van der Waals surface area (Å²) in [5.41, 5.74) is 7.12. The molecule has 0 radical (unpaired) electrons. The number of rotatable bonds is 10. The fourth-order valence-corrected chi connectivity index (χ4v) is 3.31. The number of fused-ring (bicyclic) bond motifs is 1. The number of hydrogen-bond acceptors (Lipinski definition) is 5. The zero-order chi connectivity index (χ0) is 19.9. The maximum absolute atomic E-state index is 10.9. The average Bonchev–Trinajstić information content (AvgIpc) is 3.04. The van der Waals surface area contributed by atoms with Crippen molar-refractivity contribution < 1.29 is 9.90 Å². The third kappa shape index (κ3) is 4.67. The van der Waals surface area contributed by atoms with Gasteiger partial charge in [0.15, 0.2) is 0 Å². The van der Waals surface area contributed by atoms with E-state index in [1.54, 1.807) is 6.20 Å². The van der Waals surface area contributed by atoms with Crippen molar-refractivity contribution in [3.05, 3.63) is 48.7 Å². The monoisotopic (exact) mass is 381 g/mol. The lowest BCUT2D eigenvalue weighted by Gasteiger charge is -2.22. The molecular formula is C21H27N5O2. The van der Waals surface area contributed by atoms with Crippen molar-refractivity contribution in [3.8, 4) is 0 Å². The Kier molecular flexibility index (Phi) is 6.60. The van der Waals surface area contributed by atoms with Gasteiger partial charge in [0, 0.05) is 19.8 Å². The van der Waals surface area contributed by atoms with Crippen molar-refractivity contribution in [1.29, 1.82) is 0 Å². The number of anilines is 2. The number of nitrogens with two attached hydrogens (primary N) is 1. The normalized spacial score (nSPS) is 12.2. The first-order valence-electron chi connectivity index (χ1n) is 9.65. The highest BCUT2D eigenvalue weighted by Crippen LogP contribution is 2.27. The van der Waals surface area contributed by atoms with Gasteiger partial charge in [-0.05, 0) is 37.1 Å². The Hall–Kier alpha value is -2.93. The largest absolute Gasteiger partial charge is 0.383 e. The Morgan fingerprint density at radius 1 is 1.14 bits per heavy atom. The molecule has 1 aromatic carbocycles. The predicted molar refractivity (Wildman–Crippen MR) is 110 cm³/mol. The van der Waals surface area contributed by atoms with Crippen LogP contribution < -0.4 is 10.6 Å². The standard InChI is InChI=1S/C21H27N5O2/c1-25-17-11-6-5-10-16(17)24-21(25)26(19-13-7-8-14-23-19)15-9-3-2-4-12-18(27)20(22)28/h5-8,10-11,13-14,18,27H,2-4,9,12,15H2,1H3,(H2,22,28). The van der Waals surface area contributed by atoms with Crippen molar-refractivity contribution >= 4 is 28.7 Å². The first-order chi connectivity index (χ1) is 13.6. The summed E-state index contributed by atoms with van der Waals surface area (Å²) < 4.78 is 2.09. The summed E-state index contributed by atoms with van der Waals surface area (Å²) in [5.74, 6) is 1.08. The second-order valence-corrected chi connectivity index (χ2v) is 6.92. The number of aliphatic hydroxyl groups excluding tert-OH is 1. The summed E-state index contributed by atoms with van der Waals surface area (Å²) in [6.07, 6.45) is 4.82. The number of nitrogens with zero attached hydrogens (tertiary/aromatic N) is 4. The molecule has 0 aliphatic carbocycles. The predicted octanol–water partition coefficient (Wildman–Crippen LogP) is 2.90. The van der Waals surface area contributed by atoms with Crippen molar-refractivity contribution in [1.82, 2.24) is 14.5 Å². The molecule has 3 N–H and O–H groups in total. The van der Waals surface area contributed by atoms with Gasteiger partial charge in [-0.1, -0.05) is 37.5 Å². The van der Waals surface area contributed by atoms with Gasteiger partial charge in [-0.25, -0.2) is 9.97 Å². The Labute approximate surface area is 164 Å². The fraction of sp³-hybridized carbons (Fsp3) is 0.381. The van der Waals surface area contributed by atoms with Crippen LogP contribution in [0.4, 0.5) is 11.8 Å². The number of aryl methyl sites for hydroxylation is 1. The second-order valence-electron chi connectivity index (χ2n) is 6.92. The van der Waals surface area contributed by atoms with Gasteiger partial charge in [-0.3, -0.25) is 9.69 Å². The molecule has 0 saturated heterocycles. The minimum absolute atomic E-state index is 0.421. The zero-order valence-corrected chi connectivity index (χ0v) is 16.2. The smallest absolute Gasteiger partial charge is 0.246 e. The van der Waals surface area contributed by atoms with Crippen LogP contribution in [0.25, 0.3) is 11.0 Å². The van der Waals surface area contributed by atoms with Gasteiger partial charge in [0.2, 0.25) is 11.9 Å². The summed E-state index contributed by atoms with van der Waals surface area (Å²) in [6, 6.07) is 13.9. The maximum Gasteiger partial charge on any atom is 0.246 e. The lowest BCUT2D eigenvalue weighted by atomic mass is 10.1. The minimum Gasteiger partial charge on any atom is -0.383 e. The summed E-state index contributed by atoms with van der Waals surface area (Å²) in [6.45, 7) is 0.784. The summed E-state index contributed by atoms with van der Waals surface area (Å²) in [5, 5.41) is 9.47. The van der Waals surface area contributed by atoms with Gasteiger partial charge >= 0.3 is 0 Å². The zero-order valence-electron chi connectivity index (χ0n) is 16.2. The molecule has 3 aromatic rings. The first-order valence-corrected chi connectivity index (χ1v) is 9.65. The summed E-state index contributed by atoms with van der Waals surface area (Å²) in [7, 11) is 2.02. The number of para-hydroxylation sites is 2. The van der Waals surface area contributed by atoms with E-state index in [-0.39, 0.29) is 0 Å². The van der Waals surface area contributed by atoms with Crippen molar-refractivity contribution in [2.75, 3.05) is 11.4 Å². The van der Waals surface area contributed by atoms with Gasteiger partial charge in [-0.15, -0.1) is 0 Å². The third-order valence-corrected chi connectivity index (χ3v) is 4.87. The first kappa shape index (κ1) is 19.8. The van der Waals surface area contributed by atoms with Crippen molar-refractivity contribution in [2.24, 2.45) is 12.8 Å². The fourth-order valence-electron chi connectivity index (χ4n) is 3.31. The molecule has 0 spiro atoms. The highest BCUT2D eigenvalue weighted by atomic mass is 16.3. The Bertz CT molecular complexity index is 910. The van der Waals surface area contributed by atoms with Crippen LogP contribution in [0.1, 0.15) is 32.1 Å². The van der Waals surface area contributed by atoms with E-state index in [0.717, 1.165) is 55.0 Å². The van der Waals surface area contributed by atoms with Crippen LogP contribution in [0, 0.1) is 0 Å². The lowest BCUT2D eigenvalue weighted by molar-refractivity contribution is -0.126. The van der Waals surface area contributed by atoms with Gasteiger partial charge in [-0.2, -0.15) is 0 Å². The molecule has 1 unspecified atom stereocenters. The van der Waals surface area contributed by atoms with Gasteiger partial charge in [0.1, 0.15) is 11.9 Å². The van der Waals surface area contributed by atoms with E-state index in [9.17, 15) is 9.90 Å². The van der Waals surface area contributed by atoms with Crippen LogP contribution in [0.15, 0.2) is 48.7 Å². The van der Waals surface area contributed by atoms with Crippen LogP contribution in [0.3, 0.4) is 0 Å². The Morgan fingerprint density at radius 3 is 2.61 bits per heavy atom. The molecule has 0 saturated carbocycles. The molecule has 3 rings (SSSR count). The molecule has 148 valence electrons. The molecule has 2 aromatic heterocycles. The minimum atomic E-state index is -1.04. The molecule has 2 heterocycles. The molecule has 7 heteroatoms. The Balaban J connectivity index is 1.67. The number of unbranched alkanes of at least 4 members (excludes halogenated alkanes) is 3. The molecule has 1 atom stereocenters. The van der Waals surface area contributed by atoms with E-state index in [2.05, 4.69) is 20.5 Å². The molecule has 0 aliphatic heterocycles. The summed E-state index contributed by atoms with van der Waals surface area (Å²) >= 11 is 0. The summed E-state index contributed by atoms with van der Waals surface area (Å²) in [4.78, 5) is 22.3. The number of aromatic nitrogens is 3. The van der Waals surface area contributed by atoms with Crippen molar-refractivity contribution in [3.63, 3.8) is 0 Å². The average molecular weight is 381 g/mol. The molecule has 7 nitrogen and oxygen atoms in total. The van der Waals surface area contributed by atoms with E-state index in [0.29, 0.717) is 6.42 Å². The number of imidazole rings is 1. The van der Waals surface area contributed by atoms with Crippen LogP contribution in [0.5, 0.6) is 0 Å². The third-order valence-electron chi connectivity index (χ3n) is 4.87. The van der Waals surface area contributed by atoms with E-state index in [1.807, 2.05) is 43.4 Å². The number of hydrogen-bond donors (Lipinski definition) is 2. The number of carbonyl (C=O) groups excluding carboxylic acids is 1. The van der Waals surface area contributed by atoms with Gasteiger partial charge in [0.05, 0.1) is 11.0 Å². The van der Waals surface area contributed by atoms with E-state index < -0.39 is 12.0 Å². The van der Waals surface area contributed by atoms with Gasteiger partial charge in [0.25, 0.3) is 0 Å². The number of primary amides is 1. The highest BCUT2D eigenvalue weighted by molar-refractivity contribution is 5.79. The molecule has 0 bridgehead atoms. The number of aliphatic hydroxyl groups is 1. The SMILES string of the molecule is Cn1c(N(CCCCCCC(O)C(N)=O)c2ccccn2)nc2ccccc21. The highest BCUT2D eigenvalue weighted by Gasteiger charge is 2.17. The van der Waals surface area contributed by atoms with E-state index in [1.165, 1.54) is 0 Å². The topological polar surface area (TPSA) is 97.3 Å². The number of amides is 1. The van der Waals surface area contributed by atoms with E-state index in [4.69, 9.17) is 10.7 Å². The number of carbonyl (C=O) groups is 1. The van der Waals surface area contributed by atoms with Gasteiger partial charge < -0.3 is 15.4 Å². The molecule has 1 amide bonds. The molecule has 0 aliphatic rings. The van der Waals surface area contributed by atoms with Crippen molar-refractivity contribution in [2.45, 2.75) is 38.2 Å². The maximum atomic E-state index is 10.9. The quantitative estimate of drug-likeness (QED) is 0.526. The van der Waals surface area contributed by atoms with Crippen LogP contribution in [-0.4, -0.2) is 38.2 Å². The molecule has 28 heavy (non-hydrogen) atoms. The lowest BCUT2D eigenvalue weighted by Crippen LogP contribution is -2.27. The van der Waals surface area contributed by atoms with Crippen LogP contribution in [0.2, 0.25) is 0 Å². The Morgan fingerprint density at radius 2 is 1.89 bits per heavy atom. The molecule has 0 fully saturated rings.